The van der Waals surface area contributed by atoms with Crippen LogP contribution in [0.25, 0.3) is 0 Å². The van der Waals surface area contributed by atoms with E-state index in [0.717, 1.165) is 48.8 Å². The van der Waals surface area contributed by atoms with Crippen LogP contribution in [-0.2, 0) is 9.59 Å². The van der Waals surface area contributed by atoms with Gasteiger partial charge in [0, 0.05) is 6.42 Å². The third-order valence-electron chi connectivity index (χ3n) is 7.62. The number of amides is 2. The molecule has 3 N–H and O–H groups in total. The Labute approximate surface area is 213 Å². The van der Waals surface area contributed by atoms with E-state index in [1.807, 2.05) is 26.0 Å². The summed E-state index contributed by atoms with van der Waals surface area (Å²) in [5.41, 5.74) is 7.90. The summed E-state index contributed by atoms with van der Waals surface area (Å²) in [5, 5.41) is 10.9. The quantitative estimate of drug-likeness (QED) is 0.247. The molecule has 1 aromatic rings. The molecule has 1 saturated carbocycles. The standard InChI is InChI=1S/C30H50N2O3/c1-4-5-6-12-17-20-28(33)31-32-30(35)24(3)26-21-23(2)29(34)27(22-26)25-18-15-13-10-8-7-9-11-14-16-19-25/h21-22,24-25,34H,4-20H2,1-3H3,(H,31,33)(H,32,35). The smallest absolute Gasteiger partial charge is 0.245 e. The molecule has 2 rings (SSSR count). The van der Waals surface area contributed by atoms with E-state index in [4.69, 9.17) is 0 Å². The molecule has 1 aliphatic carbocycles. The largest absolute Gasteiger partial charge is 0.507 e. The second-order valence-corrected chi connectivity index (χ2v) is 10.7. The van der Waals surface area contributed by atoms with Crippen LogP contribution in [0.5, 0.6) is 5.75 Å². The van der Waals surface area contributed by atoms with Crippen molar-refractivity contribution in [3.63, 3.8) is 0 Å². The lowest BCUT2D eigenvalue weighted by molar-refractivity contribution is -0.129. The van der Waals surface area contributed by atoms with Gasteiger partial charge in [0.05, 0.1) is 5.92 Å². The number of hydrogen-bond donors (Lipinski definition) is 3. The molecule has 0 aromatic heterocycles. The molecule has 1 aliphatic rings. The van der Waals surface area contributed by atoms with Gasteiger partial charge in [-0.15, -0.1) is 0 Å². The number of rotatable bonds is 9. The van der Waals surface area contributed by atoms with Crippen LogP contribution in [0.4, 0.5) is 0 Å². The molecule has 2 amide bonds. The van der Waals surface area contributed by atoms with Crippen LogP contribution in [-0.4, -0.2) is 16.9 Å². The molecule has 1 atom stereocenters. The van der Waals surface area contributed by atoms with Gasteiger partial charge in [0.25, 0.3) is 0 Å². The van der Waals surface area contributed by atoms with Gasteiger partial charge in [0.15, 0.2) is 0 Å². The van der Waals surface area contributed by atoms with Crippen LogP contribution in [0.3, 0.4) is 0 Å². The summed E-state index contributed by atoms with van der Waals surface area (Å²) < 4.78 is 0. The number of phenolic OH excluding ortho intramolecular Hbond substituents is 1. The van der Waals surface area contributed by atoms with Gasteiger partial charge in [-0.05, 0) is 55.7 Å². The predicted molar refractivity (Wildman–Crippen MR) is 144 cm³/mol. The zero-order valence-electron chi connectivity index (χ0n) is 22.6. The number of benzene rings is 1. The highest BCUT2D eigenvalue weighted by atomic mass is 16.3. The summed E-state index contributed by atoms with van der Waals surface area (Å²) in [6.45, 7) is 5.95. The molecule has 1 fully saturated rings. The SMILES string of the molecule is CCCCCCCC(=O)NNC(=O)C(C)c1cc(C)c(O)c(C2CCCCCCCCCCC2)c1. The van der Waals surface area contributed by atoms with Gasteiger partial charge >= 0.3 is 0 Å². The molecule has 0 aliphatic heterocycles. The normalized spacial score (nSPS) is 17.1. The van der Waals surface area contributed by atoms with Crippen LogP contribution in [0.1, 0.15) is 152 Å². The van der Waals surface area contributed by atoms with Crippen LogP contribution >= 0.6 is 0 Å². The fourth-order valence-electron chi connectivity index (χ4n) is 5.21. The molecular formula is C30H50N2O3. The van der Waals surface area contributed by atoms with Crippen LogP contribution in [0.15, 0.2) is 12.1 Å². The van der Waals surface area contributed by atoms with E-state index in [0.29, 0.717) is 18.1 Å². The van der Waals surface area contributed by atoms with Gasteiger partial charge in [-0.2, -0.15) is 0 Å². The van der Waals surface area contributed by atoms with Crippen LogP contribution < -0.4 is 10.9 Å². The lowest BCUT2D eigenvalue weighted by Gasteiger charge is -2.23. The number of hydrazine groups is 1. The molecule has 5 heteroatoms. The molecule has 0 bridgehead atoms. The molecule has 0 heterocycles. The molecule has 5 nitrogen and oxygen atoms in total. The van der Waals surface area contributed by atoms with Gasteiger partial charge < -0.3 is 5.11 Å². The van der Waals surface area contributed by atoms with E-state index in [1.54, 1.807) is 0 Å². The van der Waals surface area contributed by atoms with Crippen molar-refractivity contribution >= 4 is 11.8 Å². The molecule has 0 saturated heterocycles. The van der Waals surface area contributed by atoms with Gasteiger partial charge in [-0.3, -0.25) is 20.4 Å². The van der Waals surface area contributed by atoms with Crippen molar-refractivity contribution in [3.8, 4) is 5.75 Å². The second kappa shape index (κ2) is 16.6. The minimum atomic E-state index is -0.413. The zero-order valence-corrected chi connectivity index (χ0v) is 22.6. The van der Waals surface area contributed by atoms with Crippen molar-refractivity contribution in [3.05, 3.63) is 28.8 Å². The Morgan fingerprint density at radius 1 is 0.886 bits per heavy atom. The van der Waals surface area contributed by atoms with E-state index in [-0.39, 0.29) is 11.8 Å². The first kappa shape index (κ1) is 29.2. The Hall–Kier alpha value is -2.04. The summed E-state index contributed by atoms with van der Waals surface area (Å²) in [6, 6.07) is 3.95. The van der Waals surface area contributed by atoms with E-state index in [9.17, 15) is 14.7 Å². The minimum absolute atomic E-state index is 0.141. The third kappa shape index (κ3) is 10.6. The summed E-state index contributed by atoms with van der Waals surface area (Å²) in [5.74, 6) is -0.0633. The topological polar surface area (TPSA) is 78.4 Å². The number of aromatic hydroxyl groups is 1. The lowest BCUT2D eigenvalue weighted by atomic mass is 9.84. The van der Waals surface area contributed by atoms with E-state index in [1.165, 1.54) is 70.6 Å². The van der Waals surface area contributed by atoms with Crippen molar-refractivity contribution in [1.29, 1.82) is 0 Å². The predicted octanol–water partition coefficient (Wildman–Crippen LogP) is 7.70. The van der Waals surface area contributed by atoms with Crippen LogP contribution in [0.2, 0.25) is 0 Å². The summed E-state index contributed by atoms with van der Waals surface area (Å²) >= 11 is 0. The average molecular weight is 487 g/mol. The molecule has 0 radical (unpaired) electrons. The number of aryl methyl sites for hydroxylation is 1. The van der Waals surface area contributed by atoms with Crippen molar-refractivity contribution < 1.29 is 14.7 Å². The molecule has 1 aromatic carbocycles. The van der Waals surface area contributed by atoms with Crippen molar-refractivity contribution in [2.75, 3.05) is 0 Å². The number of hydrogen-bond acceptors (Lipinski definition) is 3. The maximum atomic E-state index is 12.8. The van der Waals surface area contributed by atoms with Crippen molar-refractivity contribution in [1.82, 2.24) is 10.9 Å². The minimum Gasteiger partial charge on any atom is -0.507 e. The Kier molecular flexibility index (Phi) is 13.8. The zero-order chi connectivity index (χ0) is 25.5. The lowest BCUT2D eigenvalue weighted by Crippen LogP contribution is -2.43. The highest BCUT2D eigenvalue weighted by molar-refractivity contribution is 5.86. The Morgan fingerprint density at radius 3 is 2.06 bits per heavy atom. The van der Waals surface area contributed by atoms with Crippen molar-refractivity contribution in [2.45, 2.75) is 142 Å². The molecule has 1 unspecified atom stereocenters. The first-order valence-corrected chi connectivity index (χ1v) is 14.4. The summed E-state index contributed by atoms with van der Waals surface area (Å²) in [7, 11) is 0. The number of unbranched alkanes of at least 4 members (excludes halogenated alkanes) is 4. The molecule has 198 valence electrons. The first-order valence-electron chi connectivity index (χ1n) is 14.4. The maximum absolute atomic E-state index is 12.8. The number of carbonyl (C=O) groups is 2. The number of carbonyl (C=O) groups excluding carboxylic acids is 2. The van der Waals surface area contributed by atoms with Gasteiger partial charge in [0.2, 0.25) is 11.8 Å². The average Bonchev–Trinajstić information content (AvgIpc) is 2.84. The molecule has 35 heavy (non-hydrogen) atoms. The highest BCUT2D eigenvalue weighted by Gasteiger charge is 2.22. The van der Waals surface area contributed by atoms with Crippen molar-refractivity contribution in [2.24, 2.45) is 0 Å². The van der Waals surface area contributed by atoms with E-state index in [2.05, 4.69) is 17.8 Å². The monoisotopic (exact) mass is 486 g/mol. The summed E-state index contributed by atoms with van der Waals surface area (Å²) in [6.07, 6.45) is 19.6. The Morgan fingerprint density at radius 2 is 1.46 bits per heavy atom. The van der Waals surface area contributed by atoms with Gasteiger partial charge in [0.1, 0.15) is 5.75 Å². The molecular weight excluding hydrogens is 436 g/mol. The Bertz CT molecular complexity index is 765. The first-order chi connectivity index (χ1) is 16.9. The fourth-order valence-corrected chi connectivity index (χ4v) is 5.21. The third-order valence-corrected chi connectivity index (χ3v) is 7.62. The number of nitrogens with one attached hydrogen (secondary N) is 2. The van der Waals surface area contributed by atoms with Gasteiger partial charge in [-0.25, -0.2) is 0 Å². The Balaban J connectivity index is 2.00. The number of phenols is 1. The van der Waals surface area contributed by atoms with Gasteiger partial charge in [-0.1, -0.05) is 103 Å². The molecule has 0 spiro atoms. The van der Waals surface area contributed by atoms with Crippen LogP contribution in [0, 0.1) is 6.92 Å². The summed E-state index contributed by atoms with van der Waals surface area (Å²) in [4.78, 5) is 24.9. The van der Waals surface area contributed by atoms with E-state index < -0.39 is 5.92 Å². The maximum Gasteiger partial charge on any atom is 0.245 e. The highest BCUT2D eigenvalue weighted by Crippen LogP contribution is 2.38. The van der Waals surface area contributed by atoms with E-state index >= 15 is 0 Å². The fraction of sp³-hybridized carbons (Fsp3) is 0.733. The second-order valence-electron chi connectivity index (χ2n) is 10.7.